The molecule has 112 valence electrons. The van der Waals surface area contributed by atoms with Crippen molar-refractivity contribution in [1.29, 1.82) is 0 Å². The first kappa shape index (κ1) is 15.8. The van der Waals surface area contributed by atoms with Gasteiger partial charge in [-0.25, -0.2) is 0 Å². The summed E-state index contributed by atoms with van der Waals surface area (Å²) in [6.45, 7) is 1.26. The lowest BCUT2D eigenvalue weighted by atomic mass is 10.1. The summed E-state index contributed by atoms with van der Waals surface area (Å²) in [4.78, 5) is 0. The van der Waals surface area contributed by atoms with Gasteiger partial charge in [0.1, 0.15) is 11.5 Å². The Hall–Kier alpha value is -1.55. The molecule has 2 N–H and O–H groups in total. The Kier molecular flexibility index (Phi) is 6.05. The minimum absolute atomic E-state index is 0.538. The Morgan fingerprint density at radius 2 is 1.81 bits per heavy atom. The van der Waals surface area contributed by atoms with E-state index >= 15 is 0 Å². The maximum absolute atomic E-state index is 6.21. The topological polar surface area (TPSA) is 44.5 Å². The van der Waals surface area contributed by atoms with Crippen molar-refractivity contribution in [3.8, 4) is 11.5 Å². The zero-order valence-corrected chi connectivity index (χ0v) is 12.9. The first-order chi connectivity index (χ1) is 10.2. The third-order valence-electron chi connectivity index (χ3n) is 3.22. The fourth-order valence-electron chi connectivity index (χ4n) is 2.09. The van der Waals surface area contributed by atoms with Gasteiger partial charge in [0.15, 0.2) is 0 Å². The van der Waals surface area contributed by atoms with E-state index in [9.17, 15) is 0 Å². The van der Waals surface area contributed by atoms with E-state index in [1.807, 2.05) is 42.5 Å². The number of hydrogen-bond acceptors (Lipinski definition) is 3. The van der Waals surface area contributed by atoms with Crippen LogP contribution in [0.2, 0.25) is 5.02 Å². The van der Waals surface area contributed by atoms with Crippen LogP contribution in [0.15, 0.2) is 42.5 Å². The molecule has 0 fully saturated rings. The van der Waals surface area contributed by atoms with E-state index in [2.05, 4.69) is 0 Å². The first-order valence-corrected chi connectivity index (χ1v) is 7.35. The zero-order chi connectivity index (χ0) is 15.1. The van der Waals surface area contributed by atoms with Gasteiger partial charge in [0.2, 0.25) is 0 Å². The van der Waals surface area contributed by atoms with E-state index in [4.69, 9.17) is 26.8 Å². The molecule has 0 heterocycles. The van der Waals surface area contributed by atoms with Crippen molar-refractivity contribution in [3.05, 3.63) is 58.6 Å². The highest BCUT2D eigenvalue weighted by atomic mass is 35.5. The van der Waals surface area contributed by atoms with Gasteiger partial charge < -0.3 is 15.2 Å². The van der Waals surface area contributed by atoms with Crippen molar-refractivity contribution < 1.29 is 9.47 Å². The third-order valence-corrected chi connectivity index (χ3v) is 3.57. The Balaban J connectivity index is 2.12. The van der Waals surface area contributed by atoms with Crippen LogP contribution in [0.4, 0.5) is 0 Å². The predicted molar refractivity (Wildman–Crippen MR) is 86.3 cm³/mol. The number of methoxy groups -OCH3 is 1. The highest BCUT2D eigenvalue weighted by molar-refractivity contribution is 6.31. The quantitative estimate of drug-likeness (QED) is 0.845. The van der Waals surface area contributed by atoms with Crippen LogP contribution in [0.1, 0.15) is 11.1 Å². The molecule has 4 heteroatoms. The molecule has 0 aliphatic heterocycles. The van der Waals surface area contributed by atoms with Crippen molar-refractivity contribution in [2.45, 2.75) is 12.8 Å². The Labute approximate surface area is 130 Å². The van der Waals surface area contributed by atoms with Crippen molar-refractivity contribution in [1.82, 2.24) is 0 Å². The van der Waals surface area contributed by atoms with Crippen LogP contribution in [0.3, 0.4) is 0 Å². The van der Waals surface area contributed by atoms with E-state index in [0.717, 1.165) is 30.1 Å². The fourth-order valence-corrected chi connectivity index (χ4v) is 2.35. The summed E-state index contributed by atoms with van der Waals surface area (Å²) in [6, 6.07) is 13.6. The lowest BCUT2D eigenvalue weighted by Gasteiger charge is -2.12. The van der Waals surface area contributed by atoms with Gasteiger partial charge in [0.25, 0.3) is 0 Å². The summed E-state index contributed by atoms with van der Waals surface area (Å²) in [5, 5.41) is 0.690. The van der Waals surface area contributed by atoms with Gasteiger partial charge in [0.05, 0.1) is 6.61 Å². The predicted octanol–water partition coefficient (Wildman–Crippen LogP) is 3.82. The average Bonchev–Trinajstić information content (AvgIpc) is 2.50. The molecule has 2 rings (SSSR count). The van der Waals surface area contributed by atoms with Gasteiger partial charge in [-0.15, -0.1) is 0 Å². The molecule has 0 unspecified atom stereocenters. The summed E-state index contributed by atoms with van der Waals surface area (Å²) in [6.07, 6.45) is 1.59. The Morgan fingerprint density at radius 3 is 2.48 bits per heavy atom. The third kappa shape index (κ3) is 4.46. The monoisotopic (exact) mass is 305 g/mol. The number of hydrogen-bond donors (Lipinski definition) is 1. The molecular formula is C17H20ClNO2. The van der Waals surface area contributed by atoms with Crippen LogP contribution in [0.5, 0.6) is 11.5 Å². The lowest BCUT2D eigenvalue weighted by Crippen LogP contribution is -2.04. The van der Waals surface area contributed by atoms with Crippen LogP contribution < -0.4 is 10.5 Å². The molecule has 21 heavy (non-hydrogen) atoms. The van der Waals surface area contributed by atoms with Gasteiger partial charge in [-0.05, 0) is 49.2 Å². The van der Waals surface area contributed by atoms with Gasteiger partial charge in [-0.2, -0.15) is 0 Å². The molecule has 2 aromatic rings. The molecule has 2 aromatic carbocycles. The average molecular weight is 306 g/mol. The van der Waals surface area contributed by atoms with E-state index in [-0.39, 0.29) is 0 Å². The second kappa shape index (κ2) is 8.03. The largest absolute Gasteiger partial charge is 0.457 e. The van der Waals surface area contributed by atoms with Gasteiger partial charge in [-0.1, -0.05) is 29.8 Å². The molecule has 0 amide bonds. The molecule has 0 spiro atoms. The summed E-state index contributed by atoms with van der Waals surface area (Å²) in [5.74, 6) is 1.55. The zero-order valence-electron chi connectivity index (χ0n) is 12.1. The molecule has 0 radical (unpaired) electrons. The molecule has 3 nitrogen and oxygen atoms in total. The van der Waals surface area contributed by atoms with E-state index < -0.39 is 0 Å². The number of ether oxygens (including phenoxy) is 2. The van der Waals surface area contributed by atoms with Crippen molar-refractivity contribution >= 4 is 11.6 Å². The normalized spacial score (nSPS) is 10.6. The lowest BCUT2D eigenvalue weighted by molar-refractivity contribution is 0.202. The maximum Gasteiger partial charge on any atom is 0.132 e. The first-order valence-electron chi connectivity index (χ1n) is 6.97. The molecule has 0 bridgehead atoms. The van der Waals surface area contributed by atoms with E-state index in [0.29, 0.717) is 18.0 Å². The molecule has 0 atom stereocenters. The van der Waals surface area contributed by atoms with Gasteiger partial charge >= 0.3 is 0 Å². The highest BCUT2D eigenvalue weighted by Gasteiger charge is 2.08. The van der Waals surface area contributed by atoms with E-state index in [1.165, 1.54) is 5.56 Å². The van der Waals surface area contributed by atoms with Crippen LogP contribution in [0.25, 0.3) is 0 Å². The summed E-state index contributed by atoms with van der Waals surface area (Å²) in [7, 11) is 1.70. The van der Waals surface area contributed by atoms with Crippen molar-refractivity contribution in [2.24, 2.45) is 5.73 Å². The number of benzene rings is 2. The second-order valence-electron chi connectivity index (χ2n) is 4.74. The number of rotatable bonds is 7. The molecule has 0 aromatic heterocycles. The van der Waals surface area contributed by atoms with Crippen molar-refractivity contribution in [3.63, 3.8) is 0 Å². The van der Waals surface area contributed by atoms with Gasteiger partial charge in [0, 0.05) is 17.7 Å². The number of nitrogens with two attached hydrogens (primary N) is 1. The van der Waals surface area contributed by atoms with Crippen LogP contribution in [-0.2, 0) is 17.6 Å². The SMILES string of the molecule is COCCc1ccc(Oc2cccc(Cl)c2CCN)cc1. The summed E-state index contributed by atoms with van der Waals surface area (Å²) in [5.41, 5.74) is 7.80. The molecular weight excluding hydrogens is 286 g/mol. The summed E-state index contributed by atoms with van der Waals surface area (Å²) < 4.78 is 11.0. The molecule has 0 saturated carbocycles. The smallest absolute Gasteiger partial charge is 0.132 e. The van der Waals surface area contributed by atoms with Crippen LogP contribution in [0, 0.1) is 0 Å². The Bertz CT molecular complexity index is 570. The molecule has 0 aliphatic rings. The highest BCUT2D eigenvalue weighted by Crippen LogP contribution is 2.30. The van der Waals surface area contributed by atoms with E-state index in [1.54, 1.807) is 7.11 Å². The van der Waals surface area contributed by atoms with Crippen molar-refractivity contribution in [2.75, 3.05) is 20.3 Å². The fraction of sp³-hybridized carbons (Fsp3) is 0.294. The standard InChI is InChI=1S/C17H20ClNO2/c1-20-12-10-13-5-7-14(8-6-13)21-17-4-2-3-16(18)15(17)9-11-19/h2-8H,9-12,19H2,1H3. The van der Waals surface area contributed by atoms with Crippen LogP contribution >= 0.6 is 11.6 Å². The van der Waals surface area contributed by atoms with Gasteiger partial charge in [-0.3, -0.25) is 0 Å². The molecule has 0 saturated heterocycles. The minimum atomic E-state index is 0.538. The van der Waals surface area contributed by atoms with Crippen LogP contribution in [-0.4, -0.2) is 20.3 Å². The summed E-state index contributed by atoms with van der Waals surface area (Å²) >= 11 is 6.21. The number of halogens is 1. The molecule has 0 aliphatic carbocycles. The maximum atomic E-state index is 6.21. The Morgan fingerprint density at radius 1 is 1.05 bits per heavy atom. The second-order valence-corrected chi connectivity index (χ2v) is 5.15. The minimum Gasteiger partial charge on any atom is -0.457 e.